The van der Waals surface area contributed by atoms with Crippen molar-refractivity contribution in [3.8, 4) is 11.5 Å². The smallest absolute Gasteiger partial charge is 0.161 e. The molecular formula is C13H18O3. The molecule has 0 N–H and O–H groups in total. The summed E-state index contributed by atoms with van der Waals surface area (Å²) in [5.74, 6) is 1.55. The van der Waals surface area contributed by atoms with E-state index in [1.54, 1.807) is 14.2 Å². The number of benzene rings is 1. The van der Waals surface area contributed by atoms with Crippen LogP contribution in [-0.4, -0.2) is 20.8 Å². The van der Waals surface area contributed by atoms with Gasteiger partial charge in [0.2, 0.25) is 0 Å². The Labute approximate surface area is 96.3 Å². The van der Waals surface area contributed by atoms with E-state index in [0.29, 0.717) is 0 Å². The molecule has 0 saturated carbocycles. The Bertz CT molecular complexity index is 396. The van der Waals surface area contributed by atoms with E-state index in [2.05, 4.69) is 19.9 Å². The van der Waals surface area contributed by atoms with Gasteiger partial charge in [-0.1, -0.05) is 0 Å². The predicted molar refractivity (Wildman–Crippen MR) is 62.2 cm³/mol. The van der Waals surface area contributed by atoms with Gasteiger partial charge in [-0.15, -0.1) is 0 Å². The highest BCUT2D eigenvalue weighted by Gasteiger charge is 2.29. The number of fused-ring (bicyclic) bond motifs is 1. The van der Waals surface area contributed by atoms with Crippen molar-refractivity contribution in [1.82, 2.24) is 0 Å². The molecule has 0 saturated heterocycles. The van der Waals surface area contributed by atoms with Crippen LogP contribution in [0.25, 0.3) is 0 Å². The summed E-state index contributed by atoms with van der Waals surface area (Å²) in [7, 11) is 3.32. The Hall–Kier alpha value is -1.22. The van der Waals surface area contributed by atoms with Crippen LogP contribution in [0, 0.1) is 0 Å². The van der Waals surface area contributed by atoms with Gasteiger partial charge < -0.3 is 14.2 Å². The molecular weight excluding hydrogens is 204 g/mol. The molecule has 0 aliphatic carbocycles. The third kappa shape index (κ3) is 1.76. The van der Waals surface area contributed by atoms with Crippen LogP contribution in [0.4, 0.5) is 0 Å². The monoisotopic (exact) mass is 222 g/mol. The summed E-state index contributed by atoms with van der Waals surface area (Å²) < 4.78 is 16.4. The molecule has 0 bridgehead atoms. The highest BCUT2D eigenvalue weighted by molar-refractivity contribution is 5.49. The molecule has 16 heavy (non-hydrogen) atoms. The fourth-order valence-corrected chi connectivity index (χ4v) is 2.18. The molecule has 3 nitrogen and oxygen atoms in total. The first-order valence-electron chi connectivity index (χ1n) is 5.48. The van der Waals surface area contributed by atoms with E-state index in [-0.39, 0.29) is 5.60 Å². The molecule has 0 aromatic heterocycles. The summed E-state index contributed by atoms with van der Waals surface area (Å²) in [5.41, 5.74) is 2.23. The number of hydrogen-bond acceptors (Lipinski definition) is 3. The van der Waals surface area contributed by atoms with E-state index in [1.165, 1.54) is 11.1 Å². The lowest BCUT2D eigenvalue weighted by molar-refractivity contribution is -0.0317. The summed E-state index contributed by atoms with van der Waals surface area (Å²) >= 11 is 0. The van der Waals surface area contributed by atoms with Crippen molar-refractivity contribution < 1.29 is 14.2 Å². The molecule has 1 heterocycles. The fraction of sp³-hybridized carbons (Fsp3) is 0.538. The van der Waals surface area contributed by atoms with Crippen LogP contribution < -0.4 is 9.47 Å². The Morgan fingerprint density at radius 2 is 1.75 bits per heavy atom. The Morgan fingerprint density at radius 1 is 1.12 bits per heavy atom. The van der Waals surface area contributed by atoms with Gasteiger partial charge in [-0.25, -0.2) is 0 Å². The Morgan fingerprint density at radius 3 is 2.38 bits per heavy atom. The second-order valence-electron chi connectivity index (χ2n) is 4.47. The maximum atomic E-state index is 5.77. The predicted octanol–water partition coefficient (Wildman–Crippen LogP) is 2.51. The van der Waals surface area contributed by atoms with Crippen molar-refractivity contribution in [1.29, 1.82) is 0 Å². The van der Waals surface area contributed by atoms with Gasteiger partial charge in [0.1, 0.15) is 0 Å². The van der Waals surface area contributed by atoms with E-state index in [4.69, 9.17) is 14.2 Å². The lowest BCUT2D eigenvalue weighted by atomic mass is 9.89. The van der Waals surface area contributed by atoms with Crippen LogP contribution in [-0.2, 0) is 16.8 Å². The maximum Gasteiger partial charge on any atom is 0.161 e. The highest BCUT2D eigenvalue weighted by atomic mass is 16.5. The third-order valence-electron chi connectivity index (χ3n) is 3.09. The minimum atomic E-state index is -0.243. The number of hydrogen-bond donors (Lipinski definition) is 0. The summed E-state index contributed by atoms with van der Waals surface area (Å²) in [4.78, 5) is 0. The zero-order valence-electron chi connectivity index (χ0n) is 10.3. The van der Waals surface area contributed by atoms with E-state index in [0.717, 1.165) is 24.5 Å². The van der Waals surface area contributed by atoms with Crippen molar-refractivity contribution in [3.63, 3.8) is 0 Å². The molecule has 0 radical (unpaired) electrons. The second-order valence-corrected chi connectivity index (χ2v) is 4.47. The molecule has 1 aliphatic rings. The lowest BCUT2D eigenvalue weighted by Crippen LogP contribution is -2.29. The molecule has 1 aromatic rings. The van der Waals surface area contributed by atoms with Crippen LogP contribution in [0.15, 0.2) is 12.1 Å². The zero-order chi connectivity index (χ0) is 11.8. The molecule has 0 amide bonds. The lowest BCUT2D eigenvalue weighted by Gasteiger charge is -2.33. The van der Waals surface area contributed by atoms with Gasteiger partial charge in [0.15, 0.2) is 11.5 Å². The molecule has 1 aromatic carbocycles. The van der Waals surface area contributed by atoms with Gasteiger partial charge >= 0.3 is 0 Å². The first-order valence-corrected chi connectivity index (χ1v) is 5.48. The van der Waals surface area contributed by atoms with Crippen LogP contribution in [0.1, 0.15) is 25.0 Å². The van der Waals surface area contributed by atoms with Crippen molar-refractivity contribution >= 4 is 0 Å². The van der Waals surface area contributed by atoms with Crippen LogP contribution in [0.5, 0.6) is 11.5 Å². The molecule has 1 aliphatic heterocycles. The molecule has 2 rings (SSSR count). The van der Waals surface area contributed by atoms with Crippen molar-refractivity contribution in [2.45, 2.75) is 25.9 Å². The normalized spacial score (nSPS) is 17.8. The molecule has 0 spiro atoms. The number of rotatable bonds is 2. The highest BCUT2D eigenvalue weighted by Crippen LogP contribution is 2.39. The first-order chi connectivity index (χ1) is 7.58. The summed E-state index contributed by atoms with van der Waals surface area (Å²) in [5, 5.41) is 0. The quantitative estimate of drug-likeness (QED) is 0.769. The largest absolute Gasteiger partial charge is 0.493 e. The minimum absolute atomic E-state index is 0.243. The summed E-state index contributed by atoms with van der Waals surface area (Å²) in [6, 6.07) is 4.08. The number of methoxy groups -OCH3 is 2. The standard InChI is InChI=1S/C13H18O3/c1-13(2)10-8-12(15-4)11(14-3)7-9(10)5-6-16-13/h7-8H,5-6H2,1-4H3. The molecule has 88 valence electrons. The van der Waals surface area contributed by atoms with Crippen LogP contribution in [0.2, 0.25) is 0 Å². The average molecular weight is 222 g/mol. The average Bonchev–Trinajstić information content (AvgIpc) is 2.27. The van der Waals surface area contributed by atoms with Crippen molar-refractivity contribution in [3.05, 3.63) is 23.3 Å². The van der Waals surface area contributed by atoms with E-state index >= 15 is 0 Å². The molecule has 0 unspecified atom stereocenters. The van der Waals surface area contributed by atoms with E-state index < -0.39 is 0 Å². The zero-order valence-corrected chi connectivity index (χ0v) is 10.3. The second kappa shape index (κ2) is 3.98. The molecule has 0 atom stereocenters. The van der Waals surface area contributed by atoms with Gasteiger partial charge in [-0.05, 0) is 43.5 Å². The third-order valence-corrected chi connectivity index (χ3v) is 3.09. The van der Waals surface area contributed by atoms with Gasteiger partial charge in [-0.2, -0.15) is 0 Å². The van der Waals surface area contributed by atoms with Gasteiger partial charge in [0, 0.05) is 0 Å². The minimum Gasteiger partial charge on any atom is -0.493 e. The fourth-order valence-electron chi connectivity index (χ4n) is 2.18. The van der Waals surface area contributed by atoms with Gasteiger partial charge in [0.05, 0.1) is 26.4 Å². The Kier molecular flexibility index (Phi) is 2.80. The Balaban J connectivity index is 2.55. The van der Waals surface area contributed by atoms with Gasteiger partial charge in [0.25, 0.3) is 0 Å². The van der Waals surface area contributed by atoms with E-state index in [1.807, 2.05) is 6.07 Å². The van der Waals surface area contributed by atoms with E-state index in [9.17, 15) is 0 Å². The maximum absolute atomic E-state index is 5.77. The first kappa shape index (κ1) is 11.3. The van der Waals surface area contributed by atoms with Crippen molar-refractivity contribution in [2.24, 2.45) is 0 Å². The van der Waals surface area contributed by atoms with Crippen molar-refractivity contribution in [2.75, 3.05) is 20.8 Å². The summed E-state index contributed by atoms with van der Waals surface area (Å²) in [6.07, 6.45) is 0.930. The van der Waals surface area contributed by atoms with Gasteiger partial charge in [-0.3, -0.25) is 0 Å². The SMILES string of the molecule is COc1cc2c(cc1OC)C(C)(C)OCC2. The topological polar surface area (TPSA) is 27.7 Å². The van der Waals surface area contributed by atoms with Crippen LogP contribution >= 0.6 is 0 Å². The summed E-state index contributed by atoms with van der Waals surface area (Å²) in [6.45, 7) is 4.92. The molecule has 0 fully saturated rings. The molecule has 3 heteroatoms. The van der Waals surface area contributed by atoms with Crippen LogP contribution in [0.3, 0.4) is 0 Å². The number of ether oxygens (including phenoxy) is 3.